The normalized spacial score (nSPS) is 12.1. The number of aromatic nitrogens is 5. The molecule has 0 fully saturated rings. The molecule has 0 aliphatic heterocycles. The average molecular weight is 587 g/mol. The Morgan fingerprint density at radius 3 is 2.65 bits per heavy atom. The molecule has 0 bridgehead atoms. The Balaban J connectivity index is 1.35. The molecule has 3 heterocycles. The van der Waals surface area contributed by atoms with Gasteiger partial charge in [0.15, 0.2) is 0 Å². The van der Waals surface area contributed by atoms with Crippen LogP contribution in [0.25, 0.3) is 33.0 Å². The van der Waals surface area contributed by atoms with E-state index in [1.54, 1.807) is 31.6 Å². The molecule has 0 aliphatic carbocycles. The minimum Gasteiger partial charge on any atom is -0.497 e. The van der Waals surface area contributed by atoms with E-state index in [0.29, 0.717) is 29.1 Å². The second-order valence-corrected chi connectivity index (χ2v) is 10.8. The molecular formula is C34H27ClN6O2. The molecule has 7 aromatic rings. The van der Waals surface area contributed by atoms with Crippen molar-refractivity contribution < 1.29 is 9.53 Å². The Morgan fingerprint density at radius 1 is 0.953 bits per heavy atom. The van der Waals surface area contributed by atoms with Crippen LogP contribution in [0.15, 0.2) is 104 Å². The fraction of sp³-hybridized carbons (Fsp3) is 0.118. The molecule has 0 aliphatic rings. The third-order valence-corrected chi connectivity index (χ3v) is 7.90. The molecule has 0 saturated carbocycles. The second-order valence-electron chi connectivity index (χ2n) is 10.4. The number of imidazole rings is 1. The minimum absolute atomic E-state index is 0.226. The highest BCUT2D eigenvalue weighted by molar-refractivity contribution is 6.30. The summed E-state index contributed by atoms with van der Waals surface area (Å²) in [6.07, 6.45) is 5.77. The van der Waals surface area contributed by atoms with E-state index in [4.69, 9.17) is 21.3 Å². The second kappa shape index (κ2) is 11.2. The number of para-hydroxylation sites is 1. The summed E-state index contributed by atoms with van der Waals surface area (Å²) < 4.78 is 7.69. The number of ether oxygens (including phenoxy) is 1. The van der Waals surface area contributed by atoms with Gasteiger partial charge in [-0.15, -0.1) is 0 Å². The van der Waals surface area contributed by atoms with Crippen molar-refractivity contribution in [2.75, 3.05) is 7.11 Å². The van der Waals surface area contributed by atoms with Gasteiger partial charge in [0.05, 0.1) is 35.2 Å². The smallest absolute Gasteiger partial charge is 0.251 e. The number of halogens is 1. The topological polar surface area (TPSA) is 97.7 Å². The van der Waals surface area contributed by atoms with Crippen molar-refractivity contribution in [1.29, 1.82) is 0 Å². The van der Waals surface area contributed by atoms with Gasteiger partial charge < -0.3 is 19.6 Å². The molecule has 0 saturated heterocycles. The largest absolute Gasteiger partial charge is 0.497 e. The maximum Gasteiger partial charge on any atom is 0.251 e. The maximum absolute atomic E-state index is 13.9. The SMILES string of the molecule is COc1ccc2nc(C(Cc3c[nH]c4ccccc34)NC(=O)c3ccc4nccnc4c3)n(Cc3cccc(Cl)c3)c2c1. The lowest BCUT2D eigenvalue weighted by molar-refractivity contribution is 0.0934. The summed E-state index contributed by atoms with van der Waals surface area (Å²) in [5, 5.41) is 5.06. The van der Waals surface area contributed by atoms with Gasteiger partial charge in [-0.1, -0.05) is 41.9 Å². The molecule has 2 N–H and O–H groups in total. The minimum atomic E-state index is -0.471. The summed E-state index contributed by atoms with van der Waals surface area (Å²) in [6.45, 7) is 0.505. The van der Waals surface area contributed by atoms with E-state index in [-0.39, 0.29) is 5.91 Å². The molecule has 43 heavy (non-hydrogen) atoms. The number of nitrogens with one attached hydrogen (secondary N) is 2. The zero-order valence-electron chi connectivity index (χ0n) is 23.3. The number of hydrogen-bond donors (Lipinski definition) is 2. The van der Waals surface area contributed by atoms with Gasteiger partial charge in [-0.05, 0) is 59.7 Å². The van der Waals surface area contributed by atoms with Crippen molar-refractivity contribution in [3.05, 3.63) is 131 Å². The van der Waals surface area contributed by atoms with Crippen LogP contribution in [-0.2, 0) is 13.0 Å². The van der Waals surface area contributed by atoms with Crippen LogP contribution in [0.2, 0.25) is 5.02 Å². The number of hydrogen-bond acceptors (Lipinski definition) is 5. The lowest BCUT2D eigenvalue weighted by Crippen LogP contribution is -2.32. The lowest BCUT2D eigenvalue weighted by Gasteiger charge is -2.21. The number of aromatic amines is 1. The van der Waals surface area contributed by atoms with Gasteiger partial charge in [0.2, 0.25) is 0 Å². The predicted octanol–water partition coefficient (Wildman–Crippen LogP) is 6.88. The number of fused-ring (bicyclic) bond motifs is 3. The van der Waals surface area contributed by atoms with Crippen molar-refractivity contribution >= 4 is 50.5 Å². The maximum atomic E-state index is 13.9. The molecule has 8 nitrogen and oxygen atoms in total. The van der Waals surface area contributed by atoms with Gasteiger partial charge in [0.1, 0.15) is 11.6 Å². The zero-order chi connectivity index (χ0) is 29.3. The molecule has 1 unspecified atom stereocenters. The van der Waals surface area contributed by atoms with E-state index < -0.39 is 6.04 Å². The molecule has 0 spiro atoms. The van der Waals surface area contributed by atoms with Gasteiger partial charge >= 0.3 is 0 Å². The van der Waals surface area contributed by atoms with Crippen LogP contribution in [0.1, 0.15) is 33.4 Å². The number of benzene rings is 4. The average Bonchev–Trinajstić information content (AvgIpc) is 3.61. The first-order valence-electron chi connectivity index (χ1n) is 13.9. The molecule has 1 amide bonds. The number of methoxy groups -OCH3 is 1. The van der Waals surface area contributed by atoms with Gasteiger partial charge in [0, 0.05) is 59.1 Å². The van der Waals surface area contributed by atoms with E-state index in [9.17, 15) is 4.79 Å². The van der Waals surface area contributed by atoms with Crippen LogP contribution in [0, 0.1) is 0 Å². The van der Waals surface area contributed by atoms with Crippen LogP contribution in [0.4, 0.5) is 0 Å². The predicted molar refractivity (Wildman–Crippen MR) is 169 cm³/mol. The lowest BCUT2D eigenvalue weighted by atomic mass is 10.0. The Bertz CT molecular complexity index is 2120. The van der Waals surface area contributed by atoms with E-state index in [1.165, 1.54) is 0 Å². The molecular weight excluding hydrogens is 560 g/mol. The molecule has 7 rings (SSSR count). The number of amides is 1. The molecule has 3 aromatic heterocycles. The number of carbonyl (C=O) groups is 1. The summed E-state index contributed by atoms with van der Waals surface area (Å²) in [5.41, 5.74) is 6.70. The van der Waals surface area contributed by atoms with E-state index in [2.05, 4.69) is 30.9 Å². The Hall–Kier alpha value is -5.21. The molecule has 4 aromatic carbocycles. The fourth-order valence-corrected chi connectivity index (χ4v) is 5.78. The van der Waals surface area contributed by atoms with Crippen molar-refractivity contribution in [2.45, 2.75) is 19.0 Å². The van der Waals surface area contributed by atoms with Gasteiger partial charge in [-0.25, -0.2) is 4.98 Å². The third kappa shape index (κ3) is 5.29. The Morgan fingerprint density at radius 2 is 1.79 bits per heavy atom. The highest BCUT2D eigenvalue weighted by Gasteiger charge is 2.25. The summed E-state index contributed by atoms with van der Waals surface area (Å²) >= 11 is 6.37. The van der Waals surface area contributed by atoms with Crippen molar-refractivity contribution in [2.24, 2.45) is 0 Å². The quantitative estimate of drug-likeness (QED) is 0.202. The standard InChI is InChI=1S/C34H27ClN6O2/c1-43-25-10-12-29-32(18-25)41(20-21-5-4-6-24(35)15-21)33(39-29)31(17-23-19-38-27-8-3-2-7-26(23)27)40-34(42)22-9-11-28-30(16-22)37-14-13-36-28/h2-16,18-19,31,38H,17,20H2,1H3,(H,40,42). The van der Waals surface area contributed by atoms with E-state index in [1.807, 2.05) is 72.9 Å². The summed E-state index contributed by atoms with van der Waals surface area (Å²) in [6, 6.07) is 26.6. The Kier molecular flexibility index (Phi) is 6.96. The zero-order valence-corrected chi connectivity index (χ0v) is 24.0. The van der Waals surface area contributed by atoms with Crippen LogP contribution in [0.3, 0.4) is 0 Å². The number of H-pyrrole nitrogens is 1. The fourth-order valence-electron chi connectivity index (χ4n) is 5.57. The first kappa shape index (κ1) is 26.7. The first-order chi connectivity index (χ1) is 21.1. The first-order valence-corrected chi connectivity index (χ1v) is 14.3. The van der Waals surface area contributed by atoms with Crippen molar-refractivity contribution in [3.63, 3.8) is 0 Å². The van der Waals surface area contributed by atoms with Crippen LogP contribution >= 0.6 is 11.6 Å². The Labute approximate surface area is 252 Å². The number of nitrogens with zero attached hydrogens (tertiary/aromatic N) is 4. The molecule has 212 valence electrons. The van der Waals surface area contributed by atoms with Gasteiger partial charge in [0.25, 0.3) is 5.91 Å². The molecule has 0 radical (unpaired) electrons. The van der Waals surface area contributed by atoms with Crippen LogP contribution < -0.4 is 10.1 Å². The summed E-state index contributed by atoms with van der Waals surface area (Å²) in [7, 11) is 1.65. The number of carbonyl (C=O) groups excluding carboxylic acids is 1. The van der Waals surface area contributed by atoms with Gasteiger partial charge in [-0.3, -0.25) is 14.8 Å². The summed E-state index contributed by atoms with van der Waals surface area (Å²) in [4.78, 5) is 31.0. The van der Waals surface area contributed by atoms with Crippen molar-refractivity contribution in [3.8, 4) is 5.75 Å². The highest BCUT2D eigenvalue weighted by Crippen LogP contribution is 2.30. The van der Waals surface area contributed by atoms with Gasteiger partial charge in [-0.2, -0.15) is 0 Å². The van der Waals surface area contributed by atoms with Crippen LogP contribution in [0.5, 0.6) is 5.75 Å². The van der Waals surface area contributed by atoms with Crippen LogP contribution in [-0.4, -0.2) is 37.5 Å². The van der Waals surface area contributed by atoms with E-state index in [0.717, 1.165) is 50.2 Å². The molecule has 1 atom stereocenters. The molecule has 9 heteroatoms. The number of rotatable bonds is 8. The highest BCUT2D eigenvalue weighted by atomic mass is 35.5. The third-order valence-electron chi connectivity index (χ3n) is 7.66. The monoisotopic (exact) mass is 586 g/mol. The van der Waals surface area contributed by atoms with E-state index >= 15 is 0 Å². The summed E-state index contributed by atoms with van der Waals surface area (Å²) in [5.74, 6) is 1.22. The van der Waals surface area contributed by atoms with Crippen molar-refractivity contribution in [1.82, 2.24) is 29.8 Å².